The van der Waals surface area contributed by atoms with Gasteiger partial charge in [-0.2, -0.15) is 0 Å². The SMILES string of the molecule is CCCOc1cccc(C(=O)NC2CCC(=O)NC2=O)c1. The van der Waals surface area contributed by atoms with Crippen LogP contribution in [0.5, 0.6) is 5.75 Å². The lowest BCUT2D eigenvalue weighted by atomic mass is 10.1. The lowest BCUT2D eigenvalue weighted by Crippen LogP contribution is -2.52. The molecule has 0 radical (unpaired) electrons. The number of piperidine rings is 1. The Kier molecular flexibility index (Phi) is 4.92. The molecule has 21 heavy (non-hydrogen) atoms. The highest BCUT2D eigenvalue weighted by molar-refractivity contribution is 6.03. The molecule has 2 N–H and O–H groups in total. The van der Waals surface area contributed by atoms with Crippen molar-refractivity contribution < 1.29 is 19.1 Å². The number of amides is 3. The summed E-state index contributed by atoms with van der Waals surface area (Å²) in [7, 11) is 0. The molecule has 0 spiro atoms. The van der Waals surface area contributed by atoms with Gasteiger partial charge in [0, 0.05) is 12.0 Å². The Morgan fingerprint density at radius 1 is 1.43 bits per heavy atom. The van der Waals surface area contributed by atoms with Crippen LogP contribution >= 0.6 is 0 Å². The summed E-state index contributed by atoms with van der Waals surface area (Å²) < 4.78 is 5.47. The first-order valence-corrected chi connectivity index (χ1v) is 6.97. The van der Waals surface area contributed by atoms with Crippen molar-refractivity contribution in [3.05, 3.63) is 29.8 Å². The largest absolute Gasteiger partial charge is 0.494 e. The van der Waals surface area contributed by atoms with E-state index in [0.717, 1.165) is 6.42 Å². The van der Waals surface area contributed by atoms with Crippen molar-refractivity contribution in [2.45, 2.75) is 32.2 Å². The molecule has 1 aromatic carbocycles. The number of benzene rings is 1. The van der Waals surface area contributed by atoms with E-state index in [2.05, 4.69) is 10.6 Å². The molecule has 112 valence electrons. The highest BCUT2D eigenvalue weighted by atomic mass is 16.5. The fraction of sp³-hybridized carbons (Fsp3) is 0.400. The average molecular weight is 290 g/mol. The van der Waals surface area contributed by atoms with Crippen molar-refractivity contribution in [2.75, 3.05) is 6.61 Å². The van der Waals surface area contributed by atoms with Crippen molar-refractivity contribution in [3.8, 4) is 5.75 Å². The molecule has 1 aliphatic heterocycles. The third-order valence-electron chi connectivity index (χ3n) is 3.11. The van der Waals surface area contributed by atoms with Crippen LogP contribution in [0, 0.1) is 0 Å². The van der Waals surface area contributed by atoms with Gasteiger partial charge in [-0.1, -0.05) is 13.0 Å². The van der Waals surface area contributed by atoms with E-state index in [4.69, 9.17) is 4.74 Å². The predicted octanol–water partition coefficient (Wildman–Crippen LogP) is 1.01. The minimum absolute atomic E-state index is 0.232. The first-order valence-electron chi connectivity index (χ1n) is 6.97. The normalized spacial score (nSPS) is 18.0. The zero-order valence-electron chi connectivity index (χ0n) is 11.8. The molecule has 2 rings (SSSR count). The summed E-state index contributed by atoms with van der Waals surface area (Å²) in [5.41, 5.74) is 0.424. The molecule has 0 aliphatic carbocycles. The van der Waals surface area contributed by atoms with E-state index in [9.17, 15) is 14.4 Å². The van der Waals surface area contributed by atoms with Gasteiger partial charge in [-0.05, 0) is 31.0 Å². The second-order valence-electron chi connectivity index (χ2n) is 4.85. The highest BCUT2D eigenvalue weighted by Crippen LogP contribution is 2.14. The maximum Gasteiger partial charge on any atom is 0.252 e. The Bertz CT molecular complexity index is 556. The van der Waals surface area contributed by atoms with Crippen molar-refractivity contribution in [1.82, 2.24) is 10.6 Å². The Morgan fingerprint density at radius 3 is 2.95 bits per heavy atom. The van der Waals surface area contributed by atoms with Crippen LogP contribution in [0.3, 0.4) is 0 Å². The van der Waals surface area contributed by atoms with Crippen LogP contribution in [0.15, 0.2) is 24.3 Å². The van der Waals surface area contributed by atoms with Crippen LogP contribution in [0.4, 0.5) is 0 Å². The van der Waals surface area contributed by atoms with E-state index in [-0.39, 0.29) is 18.2 Å². The maximum absolute atomic E-state index is 12.1. The third-order valence-corrected chi connectivity index (χ3v) is 3.11. The maximum atomic E-state index is 12.1. The lowest BCUT2D eigenvalue weighted by Gasteiger charge is -2.21. The van der Waals surface area contributed by atoms with Crippen molar-refractivity contribution in [2.24, 2.45) is 0 Å². The molecular weight excluding hydrogens is 272 g/mol. The number of ether oxygens (including phenoxy) is 1. The summed E-state index contributed by atoms with van der Waals surface area (Å²) in [5.74, 6) is -0.502. The van der Waals surface area contributed by atoms with Crippen molar-refractivity contribution in [3.63, 3.8) is 0 Å². The van der Waals surface area contributed by atoms with E-state index < -0.39 is 11.9 Å². The van der Waals surface area contributed by atoms with Gasteiger partial charge in [-0.25, -0.2) is 0 Å². The number of carbonyl (C=O) groups is 3. The zero-order valence-corrected chi connectivity index (χ0v) is 11.8. The predicted molar refractivity (Wildman–Crippen MR) is 75.9 cm³/mol. The monoisotopic (exact) mass is 290 g/mol. The van der Waals surface area contributed by atoms with Crippen LogP contribution < -0.4 is 15.4 Å². The molecule has 1 aromatic rings. The molecule has 1 heterocycles. The number of hydrogen-bond acceptors (Lipinski definition) is 4. The van der Waals surface area contributed by atoms with Crippen molar-refractivity contribution in [1.29, 1.82) is 0 Å². The van der Waals surface area contributed by atoms with Gasteiger partial charge in [0.25, 0.3) is 5.91 Å². The van der Waals surface area contributed by atoms with Gasteiger partial charge < -0.3 is 10.1 Å². The summed E-state index contributed by atoms with van der Waals surface area (Å²) >= 11 is 0. The Balaban J connectivity index is 1.99. The summed E-state index contributed by atoms with van der Waals surface area (Å²) in [6, 6.07) is 6.12. The third kappa shape index (κ3) is 4.05. The molecule has 1 fully saturated rings. The molecule has 6 nitrogen and oxygen atoms in total. The van der Waals surface area contributed by atoms with Gasteiger partial charge in [0.15, 0.2) is 0 Å². The van der Waals surface area contributed by atoms with E-state index in [1.807, 2.05) is 6.92 Å². The topological polar surface area (TPSA) is 84.5 Å². The fourth-order valence-corrected chi connectivity index (χ4v) is 2.02. The van der Waals surface area contributed by atoms with E-state index in [1.165, 1.54) is 0 Å². The smallest absolute Gasteiger partial charge is 0.252 e. The summed E-state index contributed by atoms with van der Waals surface area (Å²) in [5, 5.41) is 4.84. The minimum Gasteiger partial charge on any atom is -0.494 e. The molecule has 3 amide bonds. The summed E-state index contributed by atoms with van der Waals surface area (Å²) in [6.45, 7) is 2.58. The Morgan fingerprint density at radius 2 is 2.24 bits per heavy atom. The number of rotatable bonds is 5. The van der Waals surface area contributed by atoms with Crippen molar-refractivity contribution >= 4 is 17.7 Å². The average Bonchev–Trinajstić information content (AvgIpc) is 2.48. The first kappa shape index (κ1) is 15.0. The Hall–Kier alpha value is -2.37. The molecule has 1 unspecified atom stereocenters. The molecule has 0 bridgehead atoms. The standard InChI is InChI=1S/C15H18N2O4/c1-2-8-21-11-5-3-4-10(9-11)14(19)16-12-6-7-13(18)17-15(12)20/h3-5,9,12H,2,6-8H2,1H3,(H,16,19)(H,17,18,20). The van der Waals surface area contributed by atoms with E-state index in [0.29, 0.717) is 24.3 Å². The Labute approximate surface area is 122 Å². The molecule has 1 saturated heterocycles. The number of nitrogens with one attached hydrogen (secondary N) is 2. The molecule has 1 atom stereocenters. The zero-order chi connectivity index (χ0) is 15.2. The van der Waals surface area contributed by atoms with Gasteiger partial charge in [-0.15, -0.1) is 0 Å². The number of carbonyl (C=O) groups excluding carboxylic acids is 3. The quantitative estimate of drug-likeness (QED) is 0.793. The van der Waals surface area contributed by atoms with Crippen LogP contribution in [-0.2, 0) is 9.59 Å². The number of imide groups is 1. The van der Waals surface area contributed by atoms with Crippen LogP contribution in [0.1, 0.15) is 36.5 Å². The van der Waals surface area contributed by atoms with Crippen LogP contribution in [-0.4, -0.2) is 30.4 Å². The molecule has 1 aliphatic rings. The second-order valence-corrected chi connectivity index (χ2v) is 4.85. The van der Waals surface area contributed by atoms with Gasteiger partial charge >= 0.3 is 0 Å². The molecule has 0 saturated carbocycles. The van der Waals surface area contributed by atoms with E-state index in [1.54, 1.807) is 24.3 Å². The minimum atomic E-state index is -0.671. The fourth-order valence-electron chi connectivity index (χ4n) is 2.02. The first-order chi connectivity index (χ1) is 10.1. The molecule has 6 heteroatoms. The van der Waals surface area contributed by atoms with Gasteiger partial charge in [0.05, 0.1) is 6.61 Å². The van der Waals surface area contributed by atoms with Gasteiger partial charge in [-0.3, -0.25) is 19.7 Å². The van der Waals surface area contributed by atoms with Crippen LogP contribution in [0.2, 0.25) is 0 Å². The van der Waals surface area contributed by atoms with Crippen LogP contribution in [0.25, 0.3) is 0 Å². The number of hydrogen-bond donors (Lipinski definition) is 2. The second kappa shape index (κ2) is 6.88. The van der Waals surface area contributed by atoms with E-state index >= 15 is 0 Å². The van der Waals surface area contributed by atoms with Gasteiger partial charge in [0.2, 0.25) is 11.8 Å². The summed E-state index contributed by atoms with van der Waals surface area (Å²) in [4.78, 5) is 34.8. The summed E-state index contributed by atoms with van der Waals surface area (Å²) in [6.07, 6.45) is 1.44. The highest BCUT2D eigenvalue weighted by Gasteiger charge is 2.28. The van der Waals surface area contributed by atoms with Gasteiger partial charge in [0.1, 0.15) is 11.8 Å². The molecule has 0 aromatic heterocycles. The lowest BCUT2D eigenvalue weighted by molar-refractivity contribution is -0.134. The molecular formula is C15H18N2O4.